The molecule has 5 nitrogen and oxygen atoms in total. The van der Waals surface area contributed by atoms with Gasteiger partial charge in [-0.3, -0.25) is 0 Å². The maximum absolute atomic E-state index is 11.0. The zero-order valence-corrected chi connectivity index (χ0v) is 11.8. The minimum atomic E-state index is -0.795. The summed E-state index contributed by atoms with van der Waals surface area (Å²) in [4.78, 5) is 11.0. The van der Waals surface area contributed by atoms with Crippen LogP contribution in [0.3, 0.4) is 0 Å². The Labute approximate surface area is 127 Å². The molecule has 0 saturated heterocycles. The first-order chi connectivity index (χ1) is 10.7. The van der Waals surface area contributed by atoms with Crippen LogP contribution in [0.5, 0.6) is 5.75 Å². The van der Waals surface area contributed by atoms with E-state index in [1.54, 1.807) is 6.07 Å². The van der Waals surface area contributed by atoms with Gasteiger partial charge in [0.25, 0.3) is 0 Å². The second kappa shape index (κ2) is 5.78. The van der Waals surface area contributed by atoms with E-state index in [-0.39, 0.29) is 6.10 Å². The SMILES string of the molecule is N#Cc1ccccc1-c1ccc2c(c1)OCCC2OC(N)=O. The molecular weight excluding hydrogens is 280 g/mol. The summed E-state index contributed by atoms with van der Waals surface area (Å²) in [5, 5.41) is 9.21. The first kappa shape index (κ1) is 14.0. The highest BCUT2D eigenvalue weighted by Gasteiger charge is 2.24. The Morgan fingerprint density at radius 3 is 2.91 bits per heavy atom. The van der Waals surface area contributed by atoms with Crippen LogP contribution in [0.4, 0.5) is 4.79 Å². The zero-order valence-electron chi connectivity index (χ0n) is 11.8. The minimum absolute atomic E-state index is 0.387. The van der Waals surface area contributed by atoms with E-state index in [9.17, 15) is 10.1 Å². The Morgan fingerprint density at radius 2 is 2.14 bits per heavy atom. The first-order valence-electron chi connectivity index (χ1n) is 6.91. The van der Waals surface area contributed by atoms with Gasteiger partial charge in [-0.1, -0.05) is 30.3 Å². The summed E-state index contributed by atoms with van der Waals surface area (Å²) < 4.78 is 10.8. The Kier molecular flexibility index (Phi) is 3.67. The van der Waals surface area contributed by atoms with Crippen LogP contribution in [0, 0.1) is 11.3 Å². The lowest BCUT2D eigenvalue weighted by molar-refractivity contribution is 0.0766. The van der Waals surface area contributed by atoms with Crippen LogP contribution >= 0.6 is 0 Å². The molecular formula is C17H14N2O3. The number of primary amides is 1. The number of hydrogen-bond donors (Lipinski definition) is 1. The second-order valence-electron chi connectivity index (χ2n) is 4.97. The van der Waals surface area contributed by atoms with Crippen molar-refractivity contribution in [2.75, 3.05) is 6.61 Å². The number of carbonyl (C=O) groups excluding carboxylic acids is 1. The van der Waals surface area contributed by atoms with E-state index in [4.69, 9.17) is 15.2 Å². The molecule has 0 radical (unpaired) electrons. The second-order valence-corrected chi connectivity index (χ2v) is 4.97. The molecule has 1 aliphatic heterocycles. The predicted molar refractivity (Wildman–Crippen MR) is 80.1 cm³/mol. The van der Waals surface area contributed by atoms with Gasteiger partial charge in [0.2, 0.25) is 0 Å². The minimum Gasteiger partial charge on any atom is -0.493 e. The molecule has 1 atom stereocenters. The lowest BCUT2D eigenvalue weighted by Crippen LogP contribution is -2.22. The number of benzene rings is 2. The van der Waals surface area contributed by atoms with Crippen molar-refractivity contribution in [3.05, 3.63) is 53.6 Å². The number of nitriles is 1. The largest absolute Gasteiger partial charge is 0.493 e. The van der Waals surface area contributed by atoms with E-state index >= 15 is 0 Å². The maximum Gasteiger partial charge on any atom is 0.405 e. The number of nitrogens with zero attached hydrogens (tertiary/aromatic N) is 1. The number of ether oxygens (including phenoxy) is 2. The molecule has 0 aromatic heterocycles. The van der Waals surface area contributed by atoms with Gasteiger partial charge in [0.05, 0.1) is 18.2 Å². The smallest absolute Gasteiger partial charge is 0.405 e. The van der Waals surface area contributed by atoms with Crippen LogP contribution in [0.15, 0.2) is 42.5 Å². The van der Waals surface area contributed by atoms with Crippen molar-refractivity contribution < 1.29 is 14.3 Å². The molecule has 0 bridgehead atoms. The van der Waals surface area contributed by atoms with E-state index in [1.807, 2.05) is 36.4 Å². The average Bonchev–Trinajstić information content (AvgIpc) is 2.54. The van der Waals surface area contributed by atoms with E-state index in [0.717, 1.165) is 16.7 Å². The number of hydrogen-bond acceptors (Lipinski definition) is 4. The molecule has 1 heterocycles. The third kappa shape index (κ3) is 2.59. The number of fused-ring (bicyclic) bond motifs is 1. The fourth-order valence-electron chi connectivity index (χ4n) is 2.62. The first-order valence-corrected chi connectivity index (χ1v) is 6.91. The maximum atomic E-state index is 11.0. The Hall–Kier alpha value is -3.00. The van der Waals surface area contributed by atoms with E-state index < -0.39 is 6.09 Å². The lowest BCUT2D eigenvalue weighted by atomic mass is 9.96. The molecule has 0 spiro atoms. The third-order valence-corrected chi connectivity index (χ3v) is 3.61. The summed E-state index contributed by atoms with van der Waals surface area (Å²) in [5.74, 6) is 0.655. The summed E-state index contributed by atoms with van der Waals surface area (Å²) in [7, 11) is 0. The van der Waals surface area contributed by atoms with Crippen LogP contribution in [0.1, 0.15) is 23.7 Å². The fraction of sp³-hybridized carbons (Fsp3) is 0.176. The topological polar surface area (TPSA) is 85.3 Å². The van der Waals surface area contributed by atoms with Gasteiger partial charge in [0.15, 0.2) is 0 Å². The number of rotatable bonds is 2. The number of nitrogens with two attached hydrogens (primary N) is 1. The number of amides is 1. The molecule has 3 rings (SSSR count). The van der Waals surface area contributed by atoms with Crippen LogP contribution in [0.2, 0.25) is 0 Å². The quantitative estimate of drug-likeness (QED) is 0.922. The van der Waals surface area contributed by atoms with Crippen molar-refractivity contribution in [2.45, 2.75) is 12.5 Å². The van der Waals surface area contributed by atoms with Gasteiger partial charge in [0.1, 0.15) is 11.9 Å². The van der Waals surface area contributed by atoms with Gasteiger partial charge in [-0.25, -0.2) is 4.79 Å². The monoisotopic (exact) mass is 294 g/mol. The summed E-state index contributed by atoms with van der Waals surface area (Å²) >= 11 is 0. The lowest BCUT2D eigenvalue weighted by Gasteiger charge is -2.25. The molecule has 1 aliphatic rings. The Bertz CT molecular complexity index is 765. The van der Waals surface area contributed by atoms with Crippen molar-refractivity contribution in [1.29, 1.82) is 5.26 Å². The van der Waals surface area contributed by atoms with Crippen molar-refractivity contribution in [3.63, 3.8) is 0 Å². The molecule has 0 aliphatic carbocycles. The summed E-state index contributed by atoms with van der Waals surface area (Å²) in [6, 6.07) is 15.2. The van der Waals surface area contributed by atoms with Crippen molar-refractivity contribution in [2.24, 2.45) is 5.73 Å². The molecule has 110 valence electrons. The molecule has 1 unspecified atom stereocenters. The average molecular weight is 294 g/mol. The van der Waals surface area contributed by atoms with Gasteiger partial charge in [-0.2, -0.15) is 5.26 Å². The molecule has 22 heavy (non-hydrogen) atoms. The number of carbonyl (C=O) groups is 1. The molecule has 1 amide bonds. The van der Waals surface area contributed by atoms with E-state index in [2.05, 4.69) is 6.07 Å². The normalized spacial score (nSPS) is 16.0. The van der Waals surface area contributed by atoms with Crippen molar-refractivity contribution in [3.8, 4) is 22.9 Å². The Morgan fingerprint density at radius 1 is 1.32 bits per heavy atom. The molecule has 2 aromatic carbocycles. The van der Waals surface area contributed by atoms with Gasteiger partial charge in [0, 0.05) is 12.0 Å². The van der Waals surface area contributed by atoms with E-state index in [0.29, 0.717) is 24.3 Å². The summed E-state index contributed by atoms with van der Waals surface area (Å²) in [6.45, 7) is 0.453. The van der Waals surface area contributed by atoms with Crippen LogP contribution in [0.25, 0.3) is 11.1 Å². The Balaban J connectivity index is 2.01. The zero-order chi connectivity index (χ0) is 15.5. The van der Waals surface area contributed by atoms with E-state index in [1.165, 1.54) is 0 Å². The standard InChI is InChI=1S/C17H14N2O3/c18-10-12-3-1-2-4-13(12)11-5-6-14-15(22-17(19)20)7-8-21-16(14)9-11/h1-6,9,15H,7-8H2,(H2,19,20). The predicted octanol–water partition coefficient (Wildman–Crippen LogP) is 3.14. The van der Waals surface area contributed by atoms with Gasteiger partial charge >= 0.3 is 6.09 Å². The van der Waals surface area contributed by atoms with Gasteiger partial charge < -0.3 is 15.2 Å². The van der Waals surface area contributed by atoms with Crippen molar-refractivity contribution >= 4 is 6.09 Å². The van der Waals surface area contributed by atoms with Gasteiger partial charge in [-0.05, 0) is 23.3 Å². The molecule has 5 heteroatoms. The molecule has 0 fully saturated rings. The van der Waals surface area contributed by atoms with Crippen LogP contribution < -0.4 is 10.5 Å². The highest BCUT2D eigenvalue weighted by atomic mass is 16.6. The summed E-state index contributed by atoms with van der Waals surface area (Å²) in [6.07, 6.45) is -0.609. The molecule has 0 saturated carbocycles. The van der Waals surface area contributed by atoms with Crippen LogP contribution in [-0.2, 0) is 4.74 Å². The highest BCUT2D eigenvalue weighted by Crippen LogP contribution is 2.37. The molecule has 2 aromatic rings. The fourth-order valence-corrected chi connectivity index (χ4v) is 2.62. The molecule has 2 N–H and O–H groups in total. The van der Waals surface area contributed by atoms with Crippen LogP contribution in [-0.4, -0.2) is 12.7 Å². The summed E-state index contributed by atoms with van der Waals surface area (Å²) in [5.41, 5.74) is 8.22. The third-order valence-electron chi connectivity index (χ3n) is 3.61. The highest BCUT2D eigenvalue weighted by molar-refractivity contribution is 5.72. The van der Waals surface area contributed by atoms with Gasteiger partial charge in [-0.15, -0.1) is 0 Å². The van der Waals surface area contributed by atoms with Crippen molar-refractivity contribution in [1.82, 2.24) is 0 Å².